The highest BCUT2D eigenvalue weighted by Crippen LogP contribution is 2.21. The summed E-state index contributed by atoms with van der Waals surface area (Å²) < 4.78 is 25.2. The minimum absolute atomic E-state index is 0. The van der Waals surface area contributed by atoms with Crippen molar-refractivity contribution in [2.45, 2.75) is 32.0 Å². The zero-order valence-corrected chi connectivity index (χ0v) is 19.3. The third-order valence-electron chi connectivity index (χ3n) is 5.11. The van der Waals surface area contributed by atoms with Gasteiger partial charge < -0.3 is 25.0 Å². The van der Waals surface area contributed by atoms with Crippen molar-refractivity contribution in [2.75, 3.05) is 46.4 Å². The van der Waals surface area contributed by atoms with Crippen molar-refractivity contribution in [1.82, 2.24) is 15.5 Å². The highest BCUT2D eigenvalue weighted by Gasteiger charge is 2.32. The summed E-state index contributed by atoms with van der Waals surface area (Å²) in [6, 6.07) is 4.49. The average molecular weight is 520 g/mol. The molecule has 2 heterocycles. The number of nitrogens with zero attached hydrogens (tertiary/aromatic N) is 2. The number of aliphatic imine (C=N–C) groups is 1. The second-order valence-electron chi connectivity index (χ2n) is 7.10. The molecular weight excluding hydrogens is 490 g/mol. The van der Waals surface area contributed by atoms with Gasteiger partial charge in [0.05, 0.1) is 12.7 Å². The number of rotatable bonds is 5. The van der Waals surface area contributed by atoms with Crippen LogP contribution in [-0.4, -0.2) is 75.4 Å². The molecule has 1 aromatic rings. The Morgan fingerprint density at radius 2 is 2.00 bits per heavy atom. The summed E-state index contributed by atoms with van der Waals surface area (Å²) in [7, 11) is 1.74. The molecule has 9 heteroatoms. The number of nitrogens with one attached hydrogen (secondary N) is 2. The van der Waals surface area contributed by atoms with E-state index in [4.69, 9.17) is 9.47 Å². The largest absolute Gasteiger partial charge is 0.375 e. The monoisotopic (exact) mass is 520 g/mol. The first-order chi connectivity index (χ1) is 13.6. The molecule has 0 saturated carbocycles. The molecular formula is C20H30FIN4O3. The van der Waals surface area contributed by atoms with Gasteiger partial charge >= 0.3 is 0 Å². The van der Waals surface area contributed by atoms with Gasteiger partial charge in [-0.15, -0.1) is 24.0 Å². The predicted molar refractivity (Wildman–Crippen MR) is 121 cm³/mol. The van der Waals surface area contributed by atoms with E-state index < -0.39 is 0 Å². The lowest BCUT2D eigenvalue weighted by molar-refractivity contribution is -0.0816. The molecule has 2 unspecified atom stereocenters. The number of ether oxygens (including phenoxy) is 2. The zero-order valence-electron chi connectivity index (χ0n) is 16.9. The van der Waals surface area contributed by atoms with Gasteiger partial charge in [-0.25, -0.2) is 4.39 Å². The van der Waals surface area contributed by atoms with E-state index in [2.05, 4.69) is 20.5 Å². The molecule has 2 N–H and O–H groups in total. The number of halogens is 2. The normalized spacial score (nSPS) is 22.2. The summed E-state index contributed by atoms with van der Waals surface area (Å²) in [5.41, 5.74) is 0.842. The Morgan fingerprint density at radius 3 is 2.69 bits per heavy atom. The highest BCUT2D eigenvalue weighted by atomic mass is 127. The lowest BCUT2D eigenvalue weighted by Gasteiger charge is -2.37. The molecule has 2 fully saturated rings. The number of hydrogen-bond donors (Lipinski definition) is 2. The topological polar surface area (TPSA) is 75.2 Å². The Bertz CT molecular complexity index is 713. The van der Waals surface area contributed by atoms with Gasteiger partial charge in [0.2, 0.25) is 0 Å². The SMILES string of the molecule is CN=C(NCCNC(=O)c1ccc(C)c(F)c1)N1CCOC(C2CCCO2)C1.I. The van der Waals surface area contributed by atoms with Crippen molar-refractivity contribution in [3.05, 3.63) is 35.1 Å². The van der Waals surface area contributed by atoms with Gasteiger partial charge in [-0.2, -0.15) is 0 Å². The third kappa shape index (κ3) is 6.51. The molecule has 2 saturated heterocycles. The van der Waals surface area contributed by atoms with Gasteiger partial charge in [0.15, 0.2) is 5.96 Å². The number of aryl methyl sites for hydroxylation is 1. The van der Waals surface area contributed by atoms with Gasteiger partial charge in [0.1, 0.15) is 11.9 Å². The average Bonchev–Trinajstić information content (AvgIpc) is 3.25. The molecule has 3 rings (SSSR count). The molecule has 29 heavy (non-hydrogen) atoms. The first kappa shape index (κ1) is 23.8. The van der Waals surface area contributed by atoms with E-state index in [-0.39, 0.29) is 47.9 Å². The molecule has 0 bridgehead atoms. The molecule has 2 aliphatic heterocycles. The van der Waals surface area contributed by atoms with Crippen molar-refractivity contribution >= 4 is 35.8 Å². The maximum atomic E-state index is 13.6. The van der Waals surface area contributed by atoms with Crippen LogP contribution in [0.5, 0.6) is 0 Å². The van der Waals surface area contributed by atoms with E-state index >= 15 is 0 Å². The van der Waals surface area contributed by atoms with E-state index in [1.54, 1.807) is 26.1 Å². The number of carbonyl (C=O) groups excluding carboxylic acids is 1. The smallest absolute Gasteiger partial charge is 0.251 e. The zero-order chi connectivity index (χ0) is 19.9. The molecule has 7 nitrogen and oxygen atoms in total. The first-order valence-corrected chi connectivity index (χ1v) is 9.81. The summed E-state index contributed by atoms with van der Waals surface area (Å²) in [6.45, 7) is 5.55. The van der Waals surface area contributed by atoms with Crippen LogP contribution in [0.3, 0.4) is 0 Å². The molecule has 162 valence electrons. The van der Waals surface area contributed by atoms with E-state index in [1.165, 1.54) is 6.07 Å². The van der Waals surface area contributed by atoms with Crippen LogP contribution in [0.15, 0.2) is 23.2 Å². The number of benzene rings is 1. The van der Waals surface area contributed by atoms with Crippen LogP contribution >= 0.6 is 24.0 Å². The summed E-state index contributed by atoms with van der Waals surface area (Å²) in [5.74, 6) is 0.113. The van der Waals surface area contributed by atoms with Crippen molar-refractivity contribution in [3.63, 3.8) is 0 Å². The number of amides is 1. The van der Waals surface area contributed by atoms with Gasteiger partial charge in [-0.05, 0) is 37.5 Å². The quantitative estimate of drug-likeness (QED) is 0.269. The van der Waals surface area contributed by atoms with Crippen molar-refractivity contribution in [2.24, 2.45) is 4.99 Å². The van der Waals surface area contributed by atoms with Crippen LogP contribution in [0, 0.1) is 12.7 Å². The number of hydrogen-bond acceptors (Lipinski definition) is 4. The molecule has 0 aliphatic carbocycles. The fraction of sp³-hybridized carbons (Fsp3) is 0.600. The van der Waals surface area contributed by atoms with Crippen LogP contribution in [0.4, 0.5) is 4.39 Å². The Kier molecular flexibility index (Phi) is 9.57. The lowest BCUT2D eigenvalue weighted by Crippen LogP contribution is -2.54. The van der Waals surface area contributed by atoms with Gasteiger partial charge in [-0.3, -0.25) is 9.79 Å². The highest BCUT2D eigenvalue weighted by molar-refractivity contribution is 14.0. The summed E-state index contributed by atoms with van der Waals surface area (Å²) >= 11 is 0. The summed E-state index contributed by atoms with van der Waals surface area (Å²) in [6.07, 6.45) is 2.35. The Balaban J connectivity index is 0.00000300. The number of carbonyl (C=O) groups is 1. The van der Waals surface area contributed by atoms with Crippen LogP contribution in [0.2, 0.25) is 0 Å². The maximum absolute atomic E-state index is 13.6. The fourth-order valence-corrected chi connectivity index (χ4v) is 3.51. The van der Waals surface area contributed by atoms with Gasteiger partial charge in [0, 0.05) is 45.4 Å². The van der Waals surface area contributed by atoms with E-state index in [0.717, 1.165) is 38.5 Å². The molecule has 2 atom stereocenters. The first-order valence-electron chi connectivity index (χ1n) is 9.81. The molecule has 0 aromatic heterocycles. The van der Waals surface area contributed by atoms with Gasteiger partial charge in [0.25, 0.3) is 5.91 Å². The number of morpholine rings is 1. The molecule has 0 spiro atoms. The minimum Gasteiger partial charge on any atom is -0.375 e. The van der Waals surface area contributed by atoms with E-state index in [1.807, 2.05) is 0 Å². The van der Waals surface area contributed by atoms with Crippen molar-refractivity contribution in [3.8, 4) is 0 Å². The van der Waals surface area contributed by atoms with Crippen molar-refractivity contribution < 1.29 is 18.7 Å². The Hall–Kier alpha value is -1.46. The Morgan fingerprint density at radius 1 is 1.24 bits per heavy atom. The van der Waals surface area contributed by atoms with Crippen LogP contribution < -0.4 is 10.6 Å². The summed E-state index contributed by atoms with van der Waals surface area (Å²) in [5, 5.41) is 6.06. The Labute approximate surface area is 188 Å². The lowest BCUT2D eigenvalue weighted by atomic mass is 10.1. The van der Waals surface area contributed by atoms with E-state index in [9.17, 15) is 9.18 Å². The second kappa shape index (κ2) is 11.7. The second-order valence-corrected chi connectivity index (χ2v) is 7.10. The molecule has 0 radical (unpaired) electrons. The standard InChI is InChI=1S/C20H29FN4O3.HI/c1-14-5-6-15(12-16(14)21)19(26)23-7-8-24-20(22-2)25-9-11-28-18(13-25)17-4-3-10-27-17;/h5-6,12,17-18H,3-4,7-11,13H2,1-2H3,(H,22,24)(H,23,26);1H. The van der Waals surface area contributed by atoms with Crippen molar-refractivity contribution in [1.29, 1.82) is 0 Å². The van der Waals surface area contributed by atoms with E-state index in [0.29, 0.717) is 30.8 Å². The van der Waals surface area contributed by atoms with Crippen LogP contribution in [0.1, 0.15) is 28.8 Å². The summed E-state index contributed by atoms with van der Waals surface area (Å²) in [4.78, 5) is 18.6. The van der Waals surface area contributed by atoms with Gasteiger partial charge in [-0.1, -0.05) is 6.07 Å². The van der Waals surface area contributed by atoms with Crippen LogP contribution in [-0.2, 0) is 9.47 Å². The molecule has 1 amide bonds. The fourth-order valence-electron chi connectivity index (χ4n) is 3.51. The molecule has 1 aromatic carbocycles. The third-order valence-corrected chi connectivity index (χ3v) is 5.11. The van der Waals surface area contributed by atoms with Crippen LogP contribution in [0.25, 0.3) is 0 Å². The minimum atomic E-state index is -0.376. The predicted octanol–water partition coefficient (Wildman–Crippen LogP) is 1.94. The number of guanidine groups is 1. The maximum Gasteiger partial charge on any atom is 0.251 e. The molecule has 2 aliphatic rings.